The number of methoxy groups -OCH3 is 1. The van der Waals surface area contributed by atoms with Crippen molar-refractivity contribution in [3.8, 4) is 5.75 Å². The fourth-order valence-electron chi connectivity index (χ4n) is 4.49. The van der Waals surface area contributed by atoms with E-state index in [9.17, 15) is 4.79 Å². The second kappa shape index (κ2) is 9.92. The van der Waals surface area contributed by atoms with E-state index in [1.165, 1.54) is 22.6 Å². The van der Waals surface area contributed by atoms with Crippen LogP contribution in [0.2, 0.25) is 0 Å². The van der Waals surface area contributed by atoms with Crippen LogP contribution in [0.4, 0.5) is 17.2 Å². The third kappa shape index (κ3) is 4.66. The fraction of sp³-hybridized carbons (Fsp3) is 0.296. The van der Waals surface area contributed by atoms with Gasteiger partial charge in [0.15, 0.2) is 0 Å². The van der Waals surface area contributed by atoms with Gasteiger partial charge >= 0.3 is 0 Å². The van der Waals surface area contributed by atoms with Crippen molar-refractivity contribution < 1.29 is 9.53 Å². The molecule has 1 N–H and O–H groups in total. The summed E-state index contributed by atoms with van der Waals surface area (Å²) in [4.78, 5) is 28.4. The van der Waals surface area contributed by atoms with Crippen LogP contribution in [0.15, 0.2) is 54.9 Å². The van der Waals surface area contributed by atoms with Crippen LogP contribution < -0.4 is 19.9 Å². The highest BCUT2D eigenvalue weighted by molar-refractivity contribution is 7.20. The van der Waals surface area contributed by atoms with Gasteiger partial charge in [-0.2, -0.15) is 0 Å². The smallest absolute Gasteiger partial charge is 0.266 e. The molecule has 1 aliphatic heterocycles. The number of fused-ring (bicyclic) bond motifs is 1. The number of aromatic nitrogens is 2. The predicted octanol–water partition coefficient (Wildman–Crippen LogP) is 5.15. The summed E-state index contributed by atoms with van der Waals surface area (Å²) in [6, 6.07) is 16.2. The molecule has 0 unspecified atom stereocenters. The Balaban J connectivity index is 1.34. The molecule has 1 fully saturated rings. The molecule has 0 bridgehead atoms. The largest absolute Gasteiger partial charge is 0.497 e. The number of hydrogen-bond acceptors (Lipinski definition) is 7. The van der Waals surface area contributed by atoms with E-state index in [2.05, 4.69) is 44.1 Å². The maximum atomic E-state index is 13.1. The molecule has 0 spiro atoms. The highest BCUT2D eigenvalue weighted by atomic mass is 32.1. The van der Waals surface area contributed by atoms with Gasteiger partial charge in [-0.05, 0) is 60.9 Å². The number of anilines is 3. The minimum Gasteiger partial charge on any atom is -0.497 e. The summed E-state index contributed by atoms with van der Waals surface area (Å²) in [5.74, 6) is 1.66. The quantitative estimate of drug-likeness (QED) is 0.406. The van der Waals surface area contributed by atoms with Crippen LogP contribution in [0, 0.1) is 6.92 Å². The molecule has 1 aliphatic rings. The Kier molecular flexibility index (Phi) is 6.55. The lowest BCUT2D eigenvalue weighted by molar-refractivity contribution is 0.103. The van der Waals surface area contributed by atoms with E-state index in [4.69, 9.17) is 4.74 Å². The second-order valence-corrected chi connectivity index (χ2v) is 9.61. The molecule has 0 atom stereocenters. The molecule has 2 aromatic carbocycles. The number of thiophene rings is 1. The van der Waals surface area contributed by atoms with Crippen molar-refractivity contribution in [2.45, 2.75) is 20.3 Å². The van der Waals surface area contributed by atoms with Gasteiger partial charge in [0.25, 0.3) is 5.91 Å². The number of ether oxygens (including phenoxy) is 1. The number of nitrogens with one attached hydrogen (secondary N) is 1. The van der Waals surface area contributed by atoms with Gasteiger partial charge in [-0.3, -0.25) is 4.79 Å². The number of benzene rings is 2. The van der Waals surface area contributed by atoms with Gasteiger partial charge in [0, 0.05) is 37.6 Å². The van der Waals surface area contributed by atoms with Crippen LogP contribution in [0.3, 0.4) is 0 Å². The minimum atomic E-state index is -0.106. The van der Waals surface area contributed by atoms with Gasteiger partial charge in [-0.15, -0.1) is 11.3 Å². The van der Waals surface area contributed by atoms with E-state index >= 15 is 0 Å². The van der Waals surface area contributed by atoms with Crippen LogP contribution >= 0.6 is 11.3 Å². The van der Waals surface area contributed by atoms with Gasteiger partial charge < -0.3 is 19.9 Å². The molecule has 7 nitrogen and oxygen atoms in total. The lowest BCUT2D eigenvalue weighted by Crippen LogP contribution is -2.46. The molecule has 3 heterocycles. The van der Waals surface area contributed by atoms with Crippen LogP contribution in [-0.2, 0) is 6.42 Å². The molecule has 2 aromatic heterocycles. The Bertz CT molecular complexity index is 1330. The third-order valence-corrected chi connectivity index (χ3v) is 7.75. The van der Waals surface area contributed by atoms with Crippen molar-refractivity contribution in [1.82, 2.24) is 9.97 Å². The first-order chi connectivity index (χ1) is 17.1. The first-order valence-electron chi connectivity index (χ1n) is 11.9. The minimum absolute atomic E-state index is 0.106. The molecule has 35 heavy (non-hydrogen) atoms. The molecular formula is C27H29N5O2S. The summed E-state index contributed by atoms with van der Waals surface area (Å²) >= 11 is 1.43. The second-order valence-electron chi connectivity index (χ2n) is 8.61. The maximum absolute atomic E-state index is 13.1. The number of rotatable bonds is 6. The molecule has 1 saturated heterocycles. The number of hydrogen-bond donors (Lipinski definition) is 1. The molecule has 1 amide bonds. The number of aryl methyl sites for hydroxylation is 2. The normalized spacial score (nSPS) is 13.8. The summed E-state index contributed by atoms with van der Waals surface area (Å²) < 4.78 is 5.28. The summed E-state index contributed by atoms with van der Waals surface area (Å²) in [5, 5.41) is 4.01. The molecular weight excluding hydrogens is 458 g/mol. The standard InChI is InChI=1S/C27H29N5O2S/c1-4-19-5-7-20(8-6-19)30-26(33)24-18(2)23-25(28-17-29-27(23)35-24)32-15-13-31(14-16-32)21-9-11-22(34-3)12-10-21/h5-12,17H,4,13-16H2,1-3H3,(H,30,33). The summed E-state index contributed by atoms with van der Waals surface area (Å²) in [7, 11) is 1.68. The lowest BCUT2D eigenvalue weighted by atomic mass is 10.1. The SMILES string of the molecule is CCc1ccc(NC(=O)c2sc3ncnc(N4CCN(c5ccc(OC)cc5)CC4)c3c2C)cc1. The zero-order chi connectivity index (χ0) is 24.4. The van der Waals surface area contributed by atoms with Gasteiger partial charge in [-0.1, -0.05) is 19.1 Å². The number of nitrogens with zero attached hydrogens (tertiary/aromatic N) is 4. The molecule has 180 valence electrons. The third-order valence-electron chi connectivity index (χ3n) is 6.55. The summed E-state index contributed by atoms with van der Waals surface area (Å²) in [5.41, 5.74) is 4.16. The van der Waals surface area contributed by atoms with E-state index in [0.717, 1.165) is 65.6 Å². The Hall–Kier alpha value is -3.65. The Morgan fingerprint density at radius 2 is 1.69 bits per heavy atom. The van der Waals surface area contributed by atoms with Gasteiger partial charge in [0.05, 0.1) is 17.4 Å². The van der Waals surface area contributed by atoms with Gasteiger partial charge in [0.1, 0.15) is 22.7 Å². The monoisotopic (exact) mass is 487 g/mol. The first kappa shape index (κ1) is 23.1. The van der Waals surface area contributed by atoms with Gasteiger partial charge in [0.2, 0.25) is 0 Å². The van der Waals surface area contributed by atoms with Crippen LogP contribution in [0.1, 0.15) is 27.7 Å². The average Bonchev–Trinajstić information content (AvgIpc) is 3.26. The van der Waals surface area contributed by atoms with E-state index in [1.807, 2.05) is 43.3 Å². The molecule has 0 aliphatic carbocycles. The highest BCUT2D eigenvalue weighted by Gasteiger charge is 2.25. The number of amides is 1. The molecule has 8 heteroatoms. The summed E-state index contributed by atoms with van der Waals surface area (Å²) in [6.07, 6.45) is 2.58. The van der Waals surface area contributed by atoms with E-state index < -0.39 is 0 Å². The predicted molar refractivity (Wildman–Crippen MR) is 143 cm³/mol. The van der Waals surface area contributed by atoms with Crippen molar-refractivity contribution >= 4 is 44.7 Å². The van der Waals surface area contributed by atoms with E-state index in [-0.39, 0.29) is 5.91 Å². The van der Waals surface area contributed by atoms with E-state index in [0.29, 0.717) is 4.88 Å². The number of carbonyl (C=O) groups excluding carboxylic acids is 1. The molecule has 0 radical (unpaired) electrons. The van der Waals surface area contributed by atoms with E-state index in [1.54, 1.807) is 13.4 Å². The van der Waals surface area contributed by atoms with Crippen molar-refractivity contribution in [2.24, 2.45) is 0 Å². The average molecular weight is 488 g/mol. The van der Waals surface area contributed by atoms with Crippen molar-refractivity contribution in [3.63, 3.8) is 0 Å². The Morgan fingerprint density at radius 3 is 2.34 bits per heavy atom. The molecule has 5 rings (SSSR count). The Labute approximate surface area is 209 Å². The van der Waals surface area contributed by atoms with Crippen LogP contribution in [0.25, 0.3) is 10.2 Å². The zero-order valence-electron chi connectivity index (χ0n) is 20.2. The first-order valence-corrected chi connectivity index (χ1v) is 12.7. The van der Waals surface area contributed by atoms with Crippen LogP contribution in [-0.4, -0.2) is 49.2 Å². The highest BCUT2D eigenvalue weighted by Crippen LogP contribution is 2.36. The molecule has 0 saturated carbocycles. The lowest BCUT2D eigenvalue weighted by Gasteiger charge is -2.37. The van der Waals surface area contributed by atoms with Crippen LogP contribution in [0.5, 0.6) is 5.75 Å². The van der Waals surface area contributed by atoms with Crippen molar-refractivity contribution in [1.29, 1.82) is 0 Å². The number of carbonyl (C=O) groups is 1. The fourth-order valence-corrected chi connectivity index (χ4v) is 5.53. The topological polar surface area (TPSA) is 70.6 Å². The Morgan fingerprint density at radius 1 is 1.00 bits per heavy atom. The summed E-state index contributed by atoms with van der Waals surface area (Å²) in [6.45, 7) is 7.59. The van der Waals surface area contributed by atoms with Gasteiger partial charge in [-0.25, -0.2) is 9.97 Å². The number of piperazine rings is 1. The van der Waals surface area contributed by atoms with Crippen molar-refractivity contribution in [2.75, 3.05) is 48.4 Å². The molecule has 4 aromatic rings. The van der Waals surface area contributed by atoms with Crippen molar-refractivity contribution in [3.05, 3.63) is 70.9 Å². The maximum Gasteiger partial charge on any atom is 0.266 e. The zero-order valence-corrected chi connectivity index (χ0v) is 21.1.